The summed E-state index contributed by atoms with van der Waals surface area (Å²) in [5, 5.41) is 6.73. The maximum absolute atomic E-state index is 5.74. The number of likely N-dealkylation sites (tertiary alicyclic amines) is 1. The quantitative estimate of drug-likeness (QED) is 0.459. The van der Waals surface area contributed by atoms with Gasteiger partial charge in [-0.05, 0) is 50.6 Å². The van der Waals surface area contributed by atoms with Crippen molar-refractivity contribution in [3.8, 4) is 5.75 Å². The first-order valence-electron chi connectivity index (χ1n) is 8.61. The zero-order valence-electron chi connectivity index (χ0n) is 14.6. The minimum atomic E-state index is 0.620. The lowest BCUT2D eigenvalue weighted by atomic mass is 10.2. The Balaban J connectivity index is 1.65. The van der Waals surface area contributed by atoms with E-state index in [0.29, 0.717) is 12.6 Å². The van der Waals surface area contributed by atoms with Crippen molar-refractivity contribution in [1.29, 1.82) is 0 Å². The second kappa shape index (κ2) is 9.40. The predicted octanol–water partition coefficient (Wildman–Crippen LogP) is 2.02. The van der Waals surface area contributed by atoms with E-state index >= 15 is 0 Å². The van der Waals surface area contributed by atoms with Gasteiger partial charge in [0.05, 0.1) is 6.54 Å². The van der Waals surface area contributed by atoms with Crippen LogP contribution in [0.1, 0.15) is 25.3 Å². The van der Waals surface area contributed by atoms with Gasteiger partial charge in [0.2, 0.25) is 0 Å². The molecule has 0 saturated carbocycles. The number of likely N-dealkylation sites (N-methyl/N-ethyl adjacent to an activating group) is 1. The Kier molecular flexibility index (Phi) is 7.20. The third-order valence-corrected chi connectivity index (χ3v) is 4.29. The lowest BCUT2D eigenvalue weighted by Crippen LogP contribution is -2.45. The number of aryl methyl sites for hydroxylation is 1. The van der Waals surface area contributed by atoms with Crippen molar-refractivity contribution in [2.24, 2.45) is 4.99 Å². The van der Waals surface area contributed by atoms with Gasteiger partial charge in [-0.15, -0.1) is 0 Å². The Labute approximate surface area is 140 Å². The topological polar surface area (TPSA) is 48.9 Å². The Bertz CT molecular complexity index is 504. The summed E-state index contributed by atoms with van der Waals surface area (Å²) >= 11 is 0. The summed E-state index contributed by atoms with van der Waals surface area (Å²) in [7, 11) is 1.81. The monoisotopic (exact) mass is 318 g/mol. The second-order valence-corrected chi connectivity index (χ2v) is 5.97. The van der Waals surface area contributed by atoms with Crippen LogP contribution >= 0.6 is 0 Å². The number of guanidine groups is 1. The summed E-state index contributed by atoms with van der Waals surface area (Å²) in [5.41, 5.74) is 1.21. The Hall–Kier alpha value is -1.75. The molecule has 1 atom stereocenters. The van der Waals surface area contributed by atoms with Gasteiger partial charge in [0.1, 0.15) is 12.4 Å². The molecule has 128 valence electrons. The fourth-order valence-corrected chi connectivity index (χ4v) is 3.02. The maximum atomic E-state index is 5.74. The van der Waals surface area contributed by atoms with Crippen molar-refractivity contribution in [3.05, 3.63) is 29.8 Å². The molecule has 1 aliphatic rings. The molecule has 5 nitrogen and oxygen atoms in total. The van der Waals surface area contributed by atoms with Crippen molar-refractivity contribution in [2.45, 2.75) is 32.7 Å². The van der Waals surface area contributed by atoms with E-state index in [9.17, 15) is 0 Å². The van der Waals surface area contributed by atoms with E-state index in [2.05, 4.69) is 40.4 Å². The number of nitrogens with zero attached hydrogens (tertiary/aromatic N) is 2. The van der Waals surface area contributed by atoms with Crippen LogP contribution < -0.4 is 15.4 Å². The third kappa shape index (κ3) is 5.75. The molecule has 0 aromatic heterocycles. The molecular formula is C18H30N4O. The Morgan fingerprint density at radius 2 is 2.26 bits per heavy atom. The number of rotatable bonds is 7. The molecule has 1 heterocycles. The van der Waals surface area contributed by atoms with E-state index in [1.807, 2.05) is 25.2 Å². The Morgan fingerprint density at radius 3 is 3.00 bits per heavy atom. The third-order valence-electron chi connectivity index (χ3n) is 4.29. The van der Waals surface area contributed by atoms with Crippen LogP contribution in [0.4, 0.5) is 0 Å². The highest BCUT2D eigenvalue weighted by atomic mass is 16.5. The van der Waals surface area contributed by atoms with Crippen molar-refractivity contribution in [3.63, 3.8) is 0 Å². The van der Waals surface area contributed by atoms with Gasteiger partial charge < -0.3 is 15.4 Å². The van der Waals surface area contributed by atoms with E-state index in [-0.39, 0.29) is 0 Å². The molecule has 1 saturated heterocycles. The molecule has 2 N–H and O–H groups in total. The number of aliphatic imine (C=N–C) groups is 1. The van der Waals surface area contributed by atoms with Crippen LogP contribution in [0.3, 0.4) is 0 Å². The van der Waals surface area contributed by atoms with E-state index < -0.39 is 0 Å². The summed E-state index contributed by atoms with van der Waals surface area (Å²) in [4.78, 5) is 6.81. The molecule has 1 unspecified atom stereocenters. The normalized spacial score (nSPS) is 18.9. The van der Waals surface area contributed by atoms with Gasteiger partial charge >= 0.3 is 0 Å². The number of ether oxygens (including phenoxy) is 1. The summed E-state index contributed by atoms with van der Waals surface area (Å²) < 4.78 is 5.74. The number of hydrogen-bond donors (Lipinski definition) is 2. The molecule has 1 aromatic rings. The highest BCUT2D eigenvalue weighted by Crippen LogP contribution is 2.15. The van der Waals surface area contributed by atoms with E-state index in [4.69, 9.17) is 4.74 Å². The summed E-state index contributed by atoms with van der Waals surface area (Å²) in [6.07, 6.45) is 2.57. The highest BCUT2D eigenvalue weighted by Gasteiger charge is 2.22. The van der Waals surface area contributed by atoms with Crippen LogP contribution in [-0.2, 0) is 0 Å². The standard InChI is InChI=1S/C18H30N4O/c1-4-22-11-6-8-16(22)14-21-18(19-3)20-10-12-23-17-9-5-7-15(2)13-17/h5,7,9,13,16H,4,6,8,10-12,14H2,1-3H3,(H2,19,20,21). The minimum absolute atomic E-state index is 0.620. The summed E-state index contributed by atoms with van der Waals surface area (Å²) in [6, 6.07) is 8.74. The van der Waals surface area contributed by atoms with Crippen molar-refractivity contribution < 1.29 is 4.74 Å². The molecule has 0 amide bonds. The van der Waals surface area contributed by atoms with Crippen LogP contribution in [0, 0.1) is 6.92 Å². The average molecular weight is 318 g/mol. The molecule has 0 bridgehead atoms. The number of nitrogens with one attached hydrogen (secondary N) is 2. The molecule has 0 aliphatic carbocycles. The number of benzene rings is 1. The van der Waals surface area contributed by atoms with E-state index in [1.54, 1.807) is 0 Å². The maximum Gasteiger partial charge on any atom is 0.191 e. The van der Waals surface area contributed by atoms with Crippen molar-refractivity contribution in [1.82, 2.24) is 15.5 Å². The molecule has 23 heavy (non-hydrogen) atoms. The zero-order valence-corrected chi connectivity index (χ0v) is 14.6. The van der Waals surface area contributed by atoms with Crippen molar-refractivity contribution in [2.75, 3.05) is 39.8 Å². The fourth-order valence-electron chi connectivity index (χ4n) is 3.02. The lowest BCUT2D eigenvalue weighted by molar-refractivity contribution is 0.266. The molecule has 1 fully saturated rings. The number of hydrogen-bond acceptors (Lipinski definition) is 3. The van der Waals surface area contributed by atoms with Gasteiger partial charge in [0.25, 0.3) is 0 Å². The predicted molar refractivity (Wildman–Crippen MR) is 96.3 cm³/mol. The van der Waals surface area contributed by atoms with Gasteiger partial charge in [0, 0.05) is 19.6 Å². The van der Waals surface area contributed by atoms with Gasteiger partial charge in [-0.25, -0.2) is 0 Å². The van der Waals surface area contributed by atoms with E-state index in [0.717, 1.165) is 31.3 Å². The molecule has 1 aliphatic heterocycles. The molecule has 2 rings (SSSR count). The molecule has 0 spiro atoms. The second-order valence-electron chi connectivity index (χ2n) is 5.97. The van der Waals surface area contributed by atoms with Crippen LogP contribution in [-0.4, -0.2) is 56.7 Å². The van der Waals surface area contributed by atoms with Crippen LogP contribution in [0.2, 0.25) is 0 Å². The highest BCUT2D eigenvalue weighted by molar-refractivity contribution is 5.79. The van der Waals surface area contributed by atoms with Gasteiger partial charge in [-0.2, -0.15) is 0 Å². The van der Waals surface area contributed by atoms with Gasteiger partial charge in [-0.1, -0.05) is 19.1 Å². The van der Waals surface area contributed by atoms with Gasteiger partial charge in [0.15, 0.2) is 5.96 Å². The van der Waals surface area contributed by atoms with E-state index in [1.165, 1.54) is 24.9 Å². The largest absolute Gasteiger partial charge is 0.492 e. The van der Waals surface area contributed by atoms with Crippen LogP contribution in [0.5, 0.6) is 5.75 Å². The van der Waals surface area contributed by atoms with Crippen LogP contribution in [0.15, 0.2) is 29.3 Å². The van der Waals surface area contributed by atoms with Crippen LogP contribution in [0.25, 0.3) is 0 Å². The first-order valence-corrected chi connectivity index (χ1v) is 8.61. The minimum Gasteiger partial charge on any atom is -0.492 e. The first kappa shape index (κ1) is 17.6. The fraction of sp³-hybridized carbons (Fsp3) is 0.611. The summed E-state index contributed by atoms with van der Waals surface area (Å²) in [6.45, 7) is 8.95. The first-order chi connectivity index (χ1) is 11.2. The van der Waals surface area contributed by atoms with Crippen molar-refractivity contribution >= 4 is 5.96 Å². The molecule has 0 radical (unpaired) electrons. The SMILES string of the molecule is CCN1CCCC1CNC(=NC)NCCOc1cccc(C)c1. The Morgan fingerprint density at radius 1 is 1.39 bits per heavy atom. The summed E-state index contributed by atoms with van der Waals surface area (Å²) in [5.74, 6) is 1.76. The average Bonchev–Trinajstić information content (AvgIpc) is 3.02. The smallest absolute Gasteiger partial charge is 0.191 e. The molecule has 5 heteroatoms. The van der Waals surface area contributed by atoms with Gasteiger partial charge in [-0.3, -0.25) is 9.89 Å². The lowest BCUT2D eigenvalue weighted by Gasteiger charge is -2.24. The molecule has 1 aromatic carbocycles. The zero-order chi connectivity index (χ0) is 16.5. The molecular weight excluding hydrogens is 288 g/mol.